The van der Waals surface area contributed by atoms with E-state index in [1.54, 1.807) is 13.2 Å². The third kappa shape index (κ3) is 3.88. The number of hydrogen-bond acceptors (Lipinski definition) is 5. The second-order valence-corrected chi connectivity index (χ2v) is 9.13. The molecule has 1 N–H and O–H groups in total. The van der Waals surface area contributed by atoms with Crippen molar-refractivity contribution in [3.8, 4) is 5.75 Å². The van der Waals surface area contributed by atoms with Crippen LogP contribution in [-0.4, -0.2) is 36.1 Å². The lowest BCUT2D eigenvalue weighted by Gasteiger charge is -2.43. The van der Waals surface area contributed by atoms with Crippen molar-refractivity contribution < 1.29 is 18.7 Å². The highest BCUT2D eigenvalue weighted by Crippen LogP contribution is 2.42. The van der Waals surface area contributed by atoms with Crippen LogP contribution in [0.5, 0.6) is 5.75 Å². The monoisotopic (exact) mass is 479 g/mol. The minimum absolute atomic E-state index is 0.0274. The number of anilines is 2. The van der Waals surface area contributed by atoms with Crippen LogP contribution in [0.3, 0.4) is 0 Å². The smallest absolute Gasteiger partial charge is 0.270 e. The summed E-state index contributed by atoms with van der Waals surface area (Å²) in [5, 5.41) is 2.32. The predicted molar refractivity (Wildman–Crippen MR) is 136 cm³/mol. The summed E-state index contributed by atoms with van der Waals surface area (Å²) < 4.78 is 20.1. The highest BCUT2D eigenvalue weighted by molar-refractivity contribution is 7.80. The van der Waals surface area contributed by atoms with Crippen molar-refractivity contribution in [3.63, 3.8) is 0 Å². The average Bonchev–Trinajstić information content (AvgIpc) is 2.77. The van der Waals surface area contributed by atoms with Gasteiger partial charge in [0.05, 0.1) is 18.3 Å². The van der Waals surface area contributed by atoms with Crippen molar-refractivity contribution in [1.29, 1.82) is 0 Å². The van der Waals surface area contributed by atoms with Crippen LogP contribution in [0, 0.1) is 5.82 Å². The van der Waals surface area contributed by atoms with E-state index in [2.05, 4.69) is 37.1 Å². The number of amides is 2. The molecule has 0 bridgehead atoms. The fraction of sp³-hybridized carbons (Fsp3) is 0.269. The fourth-order valence-electron chi connectivity index (χ4n) is 4.65. The molecule has 0 spiro atoms. The molecule has 1 saturated heterocycles. The second-order valence-electron chi connectivity index (χ2n) is 8.75. The van der Waals surface area contributed by atoms with Gasteiger partial charge in [-0.05, 0) is 69.8 Å². The number of ether oxygens (including phenoxy) is 1. The third-order valence-corrected chi connectivity index (χ3v) is 6.42. The molecule has 2 aromatic carbocycles. The summed E-state index contributed by atoms with van der Waals surface area (Å²) >= 11 is 5.17. The van der Waals surface area contributed by atoms with Crippen LogP contribution in [0.4, 0.5) is 15.8 Å². The molecular formula is C26H26FN3O3S. The summed E-state index contributed by atoms with van der Waals surface area (Å²) in [5.74, 6) is -1.46. The van der Waals surface area contributed by atoms with E-state index in [9.17, 15) is 14.0 Å². The van der Waals surface area contributed by atoms with Gasteiger partial charge in [-0.2, -0.15) is 0 Å². The number of rotatable bonds is 4. The second kappa shape index (κ2) is 8.68. The maximum absolute atomic E-state index is 14.4. The molecule has 2 aliphatic heterocycles. The Kier molecular flexibility index (Phi) is 6.03. The first-order valence-electron chi connectivity index (χ1n) is 10.9. The van der Waals surface area contributed by atoms with Gasteiger partial charge in [0.25, 0.3) is 11.8 Å². The number of halogens is 1. The highest BCUT2D eigenvalue weighted by atomic mass is 32.1. The minimum Gasteiger partial charge on any atom is -0.496 e. The van der Waals surface area contributed by atoms with Crippen molar-refractivity contribution in [2.75, 3.05) is 23.5 Å². The van der Waals surface area contributed by atoms with Crippen LogP contribution in [0.15, 0.2) is 48.0 Å². The number of allylic oxidation sites excluding steroid dienone is 1. The number of likely N-dealkylation sites (N-methyl/N-ethyl adjacent to an activating group) is 1. The molecule has 2 heterocycles. The summed E-state index contributed by atoms with van der Waals surface area (Å²) in [4.78, 5) is 29.3. The topological polar surface area (TPSA) is 61.9 Å². The van der Waals surface area contributed by atoms with Gasteiger partial charge in [-0.25, -0.2) is 9.29 Å². The van der Waals surface area contributed by atoms with Crippen molar-refractivity contribution >= 4 is 52.2 Å². The van der Waals surface area contributed by atoms with Crippen LogP contribution < -0.4 is 19.9 Å². The molecule has 2 aliphatic rings. The number of para-hydroxylation sites is 1. The van der Waals surface area contributed by atoms with E-state index in [1.807, 2.05) is 19.1 Å². The number of nitrogens with zero attached hydrogens (tertiary/aromatic N) is 2. The Labute approximate surface area is 203 Å². The summed E-state index contributed by atoms with van der Waals surface area (Å²) in [6.45, 7) is 9.22. The van der Waals surface area contributed by atoms with E-state index in [-0.39, 0.29) is 21.9 Å². The number of fused-ring (bicyclic) bond motifs is 1. The number of hydrogen-bond donors (Lipinski definition) is 1. The van der Waals surface area contributed by atoms with Crippen molar-refractivity contribution in [2.45, 2.75) is 33.2 Å². The molecule has 0 aromatic heterocycles. The Balaban J connectivity index is 1.84. The van der Waals surface area contributed by atoms with Crippen LogP contribution in [-0.2, 0) is 9.59 Å². The van der Waals surface area contributed by atoms with Gasteiger partial charge in [0.2, 0.25) is 0 Å². The maximum Gasteiger partial charge on any atom is 0.270 e. The molecule has 0 unspecified atom stereocenters. The Bertz CT molecular complexity index is 1280. The molecule has 2 amide bonds. The Morgan fingerprint density at radius 2 is 1.88 bits per heavy atom. The third-order valence-electron chi connectivity index (χ3n) is 6.14. The van der Waals surface area contributed by atoms with E-state index < -0.39 is 17.6 Å². The standard InChI is InChI=1S/C26H26FN3O3S/c1-6-29-21-13-22(33-5)16(11-17(21)15(2)14-26(29,3)4)12-18-23(31)28-25(34)30(24(18)32)20-10-8-7-9-19(20)27/h7-14H,6H2,1-5H3,(H,28,31,34)/b18-12-. The van der Waals surface area contributed by atoms with Crippen LogP contribution >= 0.6 is 12.2 Å². The highest BCUT2D eigenvalue weighted by Gasteiger charge is 2.36. The van der Waals surface area contributed by atoms with E-state index in [1.165, 1.54) is 24.3 Å². The number of thiocarbonyl (C=S) groups is 1. The van der Waals surface area contributed by atoms with Gasteiger partial charge in [-0.15, -0.1) is 0 Å². The lowest BCUT2D eigenvalue weighted by atomic mass is 9.87. The number of carbonyl (C=O) groups is 2. The minimum atomic E-state index is -0.706. The van der Waals surface area contributed by atoms with E-state index in [0.717, 1.165) is 28.3 Å². The van der Waals surface area contributed by atoms with Crippen molar-refractivity contribution in [2.24, 2.45) is 0 Å². The van der Waals surface area contributed by atoms with Gasteiger partial charge in [0.1, 0.15) is 17.1 Å². The number of carbonyl (C=O) groups excluding carboxylic acids is 2. The summed E-state index contributed by atoms with van der Waals surface area (Å²) in [6.07, 6.45) is 3.66. The average molecular weight is 480 g/mol. The number of benzene rings is 2. The van der Waals surface area contributed by atoms with Crippen LogP contribution in [0.1, 0.15) is 38.8 Å². The zero-order valence-corrected chi connectivity index (χ0v) is 20.5. The lowest BCUT2D eigenvalue weighted by molar-refractivity contribution is -0.122. The molecule has 2 aromatic rings. The van der Waals surface area contributed by atoms with Crippen molar-refractivity contribution in [1.82, 2.24) is 5.32 Å². The molecule has 0 saturated carbocycles. The van der Waals surface area contributed by atoms with E-state index >= 15 is 0 Å². The molecule has 0 radical (unpaired) electrons. The molecule has 4 rings (SSSR count). The lowest BCUT2D eigenvalue weighted by Crippen LogP contribution is -2.54. The van der Waals surface area contributed by atoms with E-state index in [4.69, 9.17) is 17.0 Å². The van der Waals surface area contributed by atoms with Gasteiger partial charge in [-0.1, -0.05) is 18.2 Å². The Morgan fingerprint density at radius 1 is 1.18 bits per heavy atom. The van der Waals surface area contributed by atoms with E-state index in [0.29, 0.717) is 11.3 Å². The van der Waals surface area contributed by atoms with Gasteiger partial charge < -0.3 is 9.64 Å². The summed E-state index contributed by atoms with van der Waals surface area (Å²) in [5.41, 5.74) is 3.27. The maximum atomic E-state index is 14.4. The zero-order chi connectivity index (χ0) is 24.8. The first-order chi connectivity index (χ1) is 16.1. The van der Waals surface area contributed by atoms with Gasteiger partial charge >= 0.3 is 0 Å². The summed E-state index contributed by atoms with van der Waals surface area (Å²) in [6, 6.07) is 9.60. The molecule has 176 valence electrons. The van der Waals surface area contributed by atoms with Gasteiger partial charge in [0, 0.05) is 29.4 Å². The summed E-state index contributed by atoms with van der Waals surface area (Å²) in [7, 11) is 1.54. The van der Waals surface area contributed by atoms with Gasteiger partial charge in [0.15, 0.2) is 5.11 Å². The first kappa shape index (κ1) is 23.6. The Hall–Kier alpha value is -3.52. The fourth-order valence-corrected chi connectivity index (χ4v) is 4.93. The SMILES string of the molecule is CCN1c2cc(OC)c(/C=C3/C(=O)NC(=S)N(c4ccccc4F)C3=O)cc2C(C)=CC1(C)C. The normalized spacial score (nSPS) is 18.6. The molecule has 0 atom stereocenters. The Morgan fingerprint density at radius 3 is 2.53 bits per heavy atom. The van der Waals surface area contributed by atoms with Crippen LogP contribution in [0.25, 0.3) is 11.6 Å². The quantitative estimate of drug-likeness (QED) is 0.392. The largest absolute Gasteiger partial charge is 0.496 e. The molecule has 8 heteroatoms. The molecule has 1 fully saturated rings. The van der Waals surface area contributed by atoms with Gasteiger partial charge in [-0.3, -0.25) is 14.9 Å². The first-order valence-corrected chi connectivity index (χ1v) is 11.4. The number of nitrogens with one attached hydrogen (secondary N) is 1. The zero-order valence-electron chi connectivity index (χ0n) is 19.7. The van der Waals surface area contributed by atoms with Crippen molar-refractivity contribution in [3.05, 3.63) is 65.0 Å². The molecule has 6 nitrogen and oxygen atoms in total. The molecule has 0 aliphatic carbocycles. The molecule has 34 heavy (non-hydrogen) atoms. The molecular weight excluding hydrogens is 453 g/mol. The predicted octanol–water partition coefficient (Wildman–Crippen LogP) is 4.69. The number of methoxy groups -OCH3 is 1. The van der Waals surface area contributed by atoms with Crippen LogP contribution in [0.2, 0.25) is 0 Å².